The monoisotopic (exact) mass is 366 g/mol. The molecule has 1 heterocycles. The molecule has 2 aliphatic rings. The summed E-state index contributed by atoms with van der Waals surface area (Å²) >= 11 is 0. The fourth-order valence-corrected chi connectivity index (χ4v) is 3.79. The molecule has 2 fully saturated rings. The van der Waals surface area contributed by atoms with Crippen LogP contribution in [0.15, 0.2) is 18.2 Å². The number of aromatic nitrogens is 2. The number of rotatable bonds is 5. The summed E-state index contributed by atoms with van der Waals surface area (Å²) in [7, 11) is 0. The van der Waals surface area contributed by atoms with Crippen LogP contribution < -0.4 is 11.1 Å². The topological polar surface area (TPSA) is 101 Å². The number of anilines is 1. The summed E-state index contributed by atoms with van der Waals surface area (Å²) in [5, 5.41) is 3.00. The molecule has 27 heavy (non-hydrogen) atoms. The Morgan fingerprint density at radius 1 is 1.15 bits per heavy atom. The number of amides is 1. The number of H-pyrrole nitrogens is 1. The van der Waals surface area contributed by atoms with Gasteiger partial charge in [-0.3, -0.25) is 9.59 Å². The Kier molecular flexibility index (Phi) is 4.72. The second-order valence-electron chi connectivity index (χ2n) is 7.82. The van der Waals surface area contributed by atoms with Gasteiger partial charge in [-0.25, -0.2) is 4.98 Å². The highest BCUT2D eigenvalue weighted by molar-refractivity contribution is 6.01. The molecule has 6 nitrogen and oxygen atoms in total. The van der Waals surface area contributed by atoms with Gasteiger partial charge in [0.25, 0.3) is 5.91 Å². The maximum absolute atomic E-state index is 12.8. The minimum Gasteiger partial charge on any atom is -0.382 e. The van der Waals surface area contributed by atoms with Crippen molar-refractivity contribution in [2.24, 2.45) is 5.92 Å². The Hall–Kier alpha value is -2.63. The highest BCUT2D eigenvalue weighted by Gasteiger charge is 2.27. The van der Waals surface area contributed by atoms with Gasteiger partial charge < -0.3 is 16.0 Å². The predicted octanol–water partition coefficient (Wildman–Crippen LogP) is 3.62. The number of benzene rings is 1. The SMILES string of the molecule is Cc1ccc(C(=O)NC2CC2)cc1-c1nc(N)c(C(=O)C2CCCCC2)[nH]1. The lowest BCUT2D eigenvalue weighted by Gasteiger charge is -2.19. The average molecular weight is 366 g/mol. The number of Topliss-reactive ketones (excluding diaryl/α,β-unsaturated/α-hetero) is 1. The lowest BCUT2D eigenvalue weighted by molar-refractivity contribution is 0.0885. The molecule has 0 unspecified atom stereocenters. The van der Waals surface area contributed by atoms with Gasteiger partial charge in [-0.15, -0.1) is 0 Å². The van der Waals surface area contributed by atoms with Gasteiger partial charge >= 0.3 is 0 Å². The zero-order valence-corrected chi connectivity index (χ0v) is 15.7. The van der Waals surface area contributed by atoms with Gasteiger partial charge in [-0.2, -0.15) is 0 Å². The van der Waals surface area contributed by atoms with Gasteiger partial charge in [0.1, 0.15) is 11.5 Å². The second-order valence-corrected chi connectivity index (χ2v) is 7.82. The lowest BCUT2D eigenvalue weighted by atomic mass is 9.85. The van der Waals surface area contributed by atoms with E-state index in [0.29, 0.717) is 23.1 Å². The van der Waals surface area contributed by atoms with Crippen LogP contribution >= 0.6 is 0 Å². The van der Waals surface area contributed by atoms with Crippen LogP contribution in [-0.4, -0.2) is 27.7 Å². The normalized spacial score (nSPS) is 17.7. The number of nitrogens with two attached hydrogens (primary N) is 1. The van der Waals surface area contributed by atoms with Crippen molar-refractivity contribution in [2.75, 3.05) is 5.73 Å². The van der Waals surface area contributed by atoms with E-state index in [1.807, 2.05) is 25.1 Å². The van der Waals surface area contributed by atoms with Gasteiger partial charge in [-0.05, 0) is 50.3 Å². The van der Waals surface area contributed by atoms with Crippen molar-refractivity contribution in [1.29, 1.82) is 0 Å². The number of aryl methyl sites for hydroxylation is 1. The molecule has 4 N–H and O–H groups in total. The Balaban J connectivity index is 1.61. The van der Waals surface area contributed by atoms with Gasteiger partial charge in [-0.1, -0.05) is 25.3 Å². The molecule has 6 heteroatoms. The molecule has 0 saturated heterocycles. The quantitative estimate of drug-likeness (QED) is 0.703. The zero-order chi connectivity index (χ0) is 19.0. The van der Waals surface area contributed by atoms with Crippen LogP contribution in [0, 0.1) is 12.8 Å². The van der Waals surface area contributed by atoms with Crippen LogP contribution in [0.3, 0.4) is 0 Å². The van der Waals surface area contributed by atoms with Crippen molar-refractivity contribution in [3.63, 3.8) is 0 Å². The molecule has 1 aromatic carbocycles. The van der Waals surface area contributed by atoms with Crippen molar-refractivity contribution in [3.05, 3.63) is 35.0 Å². The van der Waals surface area contributed by atoms with Crippen LogP contribution in [0.25, 0.3) is 11.4 Å². The van der Waals surface area contributed by atoms with Crippen molar-refractivity contribution < 1.29 is 9.59 Å². The summed E-state index contributed by atoms with van der Waals surface area (Å²) in [5.41, 5.74) is 8.84. The van der Waals surface area contributed by atoms with Gasteiger partial charge in [0.2, 0.25) is 0 Å². The summed E-state index contributed by atoms with van der Waals surface area (Å²) in [6.07, 6.45) is 7.31. The molecule has 1 aromatic heterocycles. The van der Waals surface area contributed by atoms with Crippen LogP contribution in [-0.2, 0) is 0 Å². The minimum absolute atomic E-state index is 0.0334. The highest BCUT2D eigenvalue weighted by Crippen LogP contribution is 2.30. The van der Waals surface area contributed by atoms with Crippen molar-refractivity contribution in [3.8, 4) is 11.4 Å². The Bertz CT molecular complexity index is 876. The van der Waals surface area contributed by atoms with E-state index in [0.717, 1.165) is 49.7 Å². The molecule has 2 aliphatic carbocycles. The number of hydrogen-bond acceptors (Lipinski definition) is 4. The molecular formula is C21H26N4O2. The molecule has 4 rings (SSSR count). The van der Waals surface area contributed by atoms with E-state index >= 15 is 0 Å². The number of aromatic amines is 1. The van der Waals surface area contributed by atoms with Crippen LogP contribution in [0.1, 0.15) is 71.4 Å². The summed E-state index contributed by atoms with van der Waals surface area (Å²) in [5.74, 6) is 0.812. The van der Waals surface area contributed by atoms with Crippen LogP contribution in [0.5, 0.6) is 0 Å². The molecule has 0 bridgehead atoms. The fraction of sp³-hybridized carbons (Fsp3) is 0.476. The van der Waals surface area contributed by atoms with Gasteiger partial charge in [0.05, 0.1) is 0 Å². The zero-order valence-electron chi connectivity index (χ0n) is 15.7. The predicted molar refractivity (Wildman–Crippen MR) is 105 cm³/mol. The molecule has 2 aromatic rings. The molecular weight excluding hydrogens is 340 g/mol. The summed E-state index contributed by atoms with van der Waals surface area (Å²) in [4.78, 5) is 32.7. The first-order valence-electron chi connectivity index (χ1n) is 9.84. The number of nitrogens with zero attached hydrogens (tertiary/aromatic N) is 1. The maximum atomic E-state index is 12.8. The van der Waals surface area contributed by atoms with E-state index in [2.05, 4.69) is 15.3 Å². The molecule has 0 spiro atoms. The molecule has 0 aliphatic heterocycles. The molecule has 0 radical (unpaired) electrons. The maximum Gasteiger partial charge on any atom is 0.251 e. The molecule has 1 amide bonds. The number of nitrogen functional groups attached to an aromatic ring is 1. The molecule has 2 saturated carbocycles. The average Bonchev–Trinajstić information content (AvgIpc) is 3.41. The van der Waals surface area contributed by atoms with Crippen LogP contribution in [0.4, 0.5) is 5.82 Å². The summed E-state index contributed by atoms with van der Waals surface area (Å²) < 4.78 is 0. The third-order valence-electron chi connectivity index (χ3n) is 5.62. The number of carbonyl (C=O) groups excluding carboxylic acids is 2. The van der Waals surface area contributed by atoms with E-state index in [1.54, 1.807) is 0 Å². The Morgan fingerprint density at radius 2 is 1.89 bits per heavy atom. The Morgan fingerprint density at radius 3 is 2.59 bits per heavy atom. The van der Waals surface area contributed by atoms with E-state index in [1.165, 1.54) is 6.42 Å². The van der Waals surface area contributed by atoms with Crippen molar-refractivity contribution in [1.82, 2.24) is 15.3 Å². The number of nitrogens with one attached hydrogen (secondary N) is 2. The van der Waals surface area contributed by atoms with Crippen LogP contribution in [0.2, 0.25) is 0 Å². The number of imidazole rings is 1. The lowest BCUT2D eigenvalue weighted by Crippen LogP contribution is -2.25. The minimum atomic E-state index is -0.0724. The first-order valence-corrected chi connectivity index (χ1v) is 9.84. The summed E-state index contributed by atoms with van der Waals surface area (Å²) in [6.45, 7) is 1.96. The highest BCUT2D eigenvalue weighted by atomic mass is 16.1. The third kappa shape index (κ3) is 3.75. The van der Waals surface area contributed by atoms with E-state index in [-0.39, 0.29) is 23.4 Å². The molecule has 0 atom stereocenters. The first-order chi connectivity index (χ1) is 13.0. The third-order valence-corrected chi connectivity index (χ3v) is 5.62. The smallest absolute Gasteiger partial charge is 0.251 e. The second kappa shape index (κ2) is 7.18. The number of hydrogen-bond donors (Lipinski definition) is 3. The van der Waals surface area contributed by atoms with Crippen molar-refractivity contribution >= 4 is 17.5 Å². The Labute approximate surface area is 158 Å². The van der Waals surface area contributed by atoms with Gasteiger partial charge in [0, 0.05) is 23.1 Å². The van der Waals surface area contributed by atoms with E-state index in [9.17, 15) is 9.59 Å². The summed E-state index contributed by atoms with van der Waals surface area (Å²) in [6, 6.07) is 5.84. The standard InChI is InChI=1S/C21H26N4O2/c1-12-7-8-14(21(27)23-15-9-10-15)11-16(12)20-24-17(19(22)25-20)18(26)13-5-3-2-4-6-13/h7-8,11,13,15H,2-6,9-10,22H2,1H3,(H,23,27)(H,24,25). The first kappa shape index (κ1) is 17.8. The fourth-order valence-electron chi connectivity index (χ4n) is 3.79. The number of carbonyl (C=O) groups is 2. The molecule has 142 valence electrons. The largest absolute Gasteiger partial charge is 0.382 e. The number of ketones is 1. The van der Waals surface area contributed by atoms with E-state index in [4.69, 9.17) is 5.73 Å². The van der Waals surface area contributed by atoms with Crippen molar-refractivity contribution in [2.45, 2.75) is 57.9 Å². The van der Waals surface area contributed by atoms with E-state index < -0.39 is 0 Å². The van der Waals surface area contributed by atoms with Gasteiger partial charge in [0.15, 0.2) is 11.6 Å².